The van der Waals surface area contributed by atoms with Crippen LogP contribution in [-0.4, -0.2) is 23.3 Å². The van der Waals surface area contributed by atoms with E-state index in [0.717, 1.165) is 22.4 Å². The van der Waals surface area contributed by atoms with E-state index in [1.54, 1.807) is 0 Å². The Morgan fingerprint density at radius 1 is 1.00 bits per heavy atom. The van der Waals surface area contributed by atoms with Crippen LogP contribution in [0, 0.1) is 0 Å². The molecule has 0 saturated carbocycles. The lowest BCUT2D eigenvalue weighted by Crippen LogP contribution is -2.32. The summed E-state index contributed by atoms with van der Waals surface area (Å²) in [5, 5.41) is 5.73. The smallest absolute Gasteiger partial charge is 0.407 e. The Morgan fingerprint density at radius 3 is 2.48 bits per heavy atom. The van der Waals surface area contributed by atoms with Gasteiger partial charge in [-0.15, -0.1) is 0 Å². The first-order chi connectivity index (χ1) is 15.8. The number of anilines is 1. The normalized spacial score (nSPS) is 15.5. The van der Waals surface area contributed by atoms with Crippen LogP contribution < -0.4 is 10.6 Å². The zero-order valence-corrected chi connectivity index (χ0v) is 19.0. The molecule has 2 N–H and O–H groups in total. The number of amides is 2. The van der Waals surface area contributed by atoms with Gasteiger partial charge < -0.3 is 15.4 Å². The predicted molar refractivity (Wildman–Crippen MR) is 130 cm³/mol. The molecule has 6 nitrogen and oxygen atoms in total. The fraction of sp³-hybridized carbons (Fsp3) is 0.222. The summed E-state index contributed by atoms with van der Waals surface area (Å²) >= 11 is 0. The second-order valence-corrected chi connectivity index (χ2v) is 8.90. The molecule has 0 aromatic heterocycles. The topological polar surface area (TPSA) is 79.8 Å². The van der Waals surface area contributed by atoms with Gasteiger partial charge in [-0.1, -0.05) is 60.7 Å². The number of rotatable bonds is 5. The molecule has 168 valence electrons. The van der Waals surface area contributed by atoms with Crippen LogP contribution in [0.2, 0.25) is 0 Å². The number of nitrogens with zero attached hydrogens (tertiary/aromatic N) is 1. The lowest BCUT2D eigenvalue weighted by molar-refractivity contribution is -0.115. The van der Waals surface area contributed by atoms with Gasteiger partial charge in [0.25, 0.3) is 0 Å². The van der Waals surface area contributed by atoms with Crippen LogP contribution in [0.25, 0.3) is 0 Å². The first-order valence-electron chi connectivity index (χ1n) is 10.9. The van der Waals surface area contributed by atoms with Gasteiger partial charge >= 0.3 is 6.09 Å². The second-order valence-electron chi connectivity index (χ2n) is 8.90. The molecular weight excluding hydrogens is 414 g/mol. The van der Waals surface area contributed by atoms with Crippen LogP contribution in [0.4, 0.5) is 16.2 Å². The van der Waals surface area contributed by atoms with Crippen LogP contribution in [-0.2, 0) is 16.1 Å². The van der Waals surface area contributed by atoms with Crippen molar-refractivity contribution in [3.63, 3.8) is 0 Å². The standard InChI is InChI=1S/C27H27N3O3/c1-27(2,3)33-26(32)28-17-18-10-9-13-20(16-18)29-24(19-11-5-4-6-12-19)23-21-14-7-8-15-22(21)30-25(23)31/h4-16,23H,17H2,1-3H3,(H,28,32)(H,30,31). The van der Waals surface area contributed by atoms with Gasteiger partial charge in [0.2, 0.25) is 5.91 Å². The molecule has 3 aromatic rings. The van der Waals surface area contributed by atoms with Crippen LogP contribution in [0.5, 0.6) is 0 Å². The highest BCUT2D eigenvalue weighted by atomic mass is 16.6. The maximum absolute atomic E-state index is 12.9. The molecule has 0 bridgehead atoms. The Morgan fingerprint density at radius 2 is 1.73 bits per heavy atom. The van der Waals surface area contributed by atoms with E-state index in [1.807, 2.05) is 99.6 Å². The van der Waals surface area contributed by atoms with Crippen molar-refractivity contribution in [2.24, 2.45) is 4.99 Å². The van der Waals surface area contributed by atoms with Crippen LogP contribution in [0.15, 0.2) is 83.9 Å². The summed E-state index contributed by atoms with van der Waals surface area (Å²) in [5.74, 6) is -0.603. The summed E-state index contributed by atoms with van der Waals surface area (Å²) in [4.78, 5) is 29.9. The first-order valence-corrected chi connectivity index (χ1v) is 10.9. The summed E-state index contributed by atoms with van der Waals surface area (Å²) in [7, 11) is 0. The number of benzene rings is 3. The summed E-state index contributed by atoms with van der Waals surface area (Å²) in [5.41, 5.74) is 4.31. The molecule has 0 radical (unpaired) electrons. The molecule has 0 aliphatic carbocycles. The molecule has 1 unspecified atom stereocenters. The Balaban J connectivity index is 1.65. The number of hydrogen-bond donors (Lipinski definition) is 2. The van der Waals surface area contributed by atoms with Crippen molar-refractivity contribution >= 4 is 29.1 Å². The van der Waals surface area contributed by atoms with E-state index >= 15 is 0 Å². The summed E-state index contributed by atoms with van der Waals surface area (Å²) in [6.45, 7) is 5.78. The van der Waals surface area contributed by atoms with Crippen molar-refractivity contribution in [2.45, 2.75) is 38.8 Å². The van der Waals surface area contributed by atoms with Crippen molar-refractivity contribution < 1.29 is 14.3 Å². The fourth-order valence-electron chi connectivity index (χ4n) is 3.75. The highest BCUT2D eigenvalue weighted by Crippen LogP contribution is 2.36. The predicted octanol–water partition coefficient (Wildman–Crippen LogP) is 5.57. The molecule has 4 rings (SSSR count). The minimum atomic E-state index is -0.557. The molecule has 6 heteroatoms. The summed E-state index contributed by atoms with van der Waals surface area (Å²) in [6.07, 6.45) is -0.472. The SMILES string of the molecule is CC(C)(C)OC(=O)NCc1cccc(N=C(c2ccccc2)C2C(=O)Nc3ccccc32)c1. The van der Waals surface area contributed by atoms with Crippen molar-refractivity contribution in [3.8, 4) is 0 Å². The number of fused-ring (bicyclic) bond motifs is 1. The van der Waals surface area contributed by atoms with E-state index in [0.29, 0.717) is 17.9 Å². The molecule has 0 saturated heterocycles. The Kier molecular flexibility index (Phi) is 6.27. The minimum absolute atomic E-state index is 0.0958. The van der Waals surface area contributed by atoms with Gasteiger partial charge in [-0.05, 0) is 55.7 Å². The number of carbonyl (C=O) groups excluding carboxylic acids is 2. The molecule has 2 amide bonds. The Labute approximate surface area is 193 Å². The molecule has 1 atom stereocenters. The highest BCUT2D eigenvalue weighted by Gasteiger charge is 2.35. The molecular formula is C27H27N3O3. The van der Waals surface area contributed by atoms with Gasteiger partial charge in [-0.2, -0.15) is 0 Å². The average Bonchev–Trinajstić information content (AvgIpc) is 3.11. The average molecular weight is 442 g/mol. The lowest BCUT2D eigenvalue weighted by atomic mass is 9.90. The van der Waals surface area contributed by atoms with E-state index in [1.165, 1.54) is 0 Å². The largest absolute Gasteiger partial charge is 0.444 e. The van der Waals surface area contributed by atoms with Crippen molar-refractivity contribution in [1.29, 1.82) is 0 Å². The number of nitrogens with one attached hydrogen (secondary N) is 2. The van der Waals surface area contributed by atoms with Crippen LogP contribution >= 0.6 is 0 Å². The van der Waals surface area contributed by atoms with E-state index < -0.39 is 17.6 Å². The third-order valence-electron chi connectivity index (χ3n) is 5.13. The van der Waals surface area contributed by atoms with E-state index in [2.05, 4.69) is 10.6 Å². The third kappa shape index (κ3) is 5.47. The maximum atomic E-state index is 12.9. The fourth-order valence-corrected chi connectivity index (χ4v) is 3.75. The number of hydrogen-bond acceptors (Lipinski definition) is 4. The Hall–Kier alpha value is -3.93. The highest BCUT2D eigenvalue weighted by molar-refractivity contribution is 6.24. The molecule has 3 aromatic carbocycles. The number of aliphatic imine (C=N–C) groups is 1. The molecule has 1 aliphatic heterocycles. The van der Waals surface area contributed by atoms with Crippen molar-refractivity contribution in [2.75, 3.05) is 5.32 Å². The minimum Gasteiger partial charge on any atom is -0.444 e. The number of alkyl carbamates (subject to hydrolysis) is 1. The van der Waals surface area contributed by atoms with Crippen molar-refractivity contribution in [1.82, 2.24) is 5.32 Å². The maximum Gasteiger partial charge on any atom is 0.407 e. The molecule has 33 heavy (non-hydrogen) atoms. The number of ether oxygens (including phenoxy) is 1. The van der Waals surface area contributed by atoms with Crippen LogP contribution in [0.1, 0.15) is 43.4 Å². The summed E-state index contributed by atoms with van der Waals surface area (Å²) < 4.78 is 5.30. The lowest BCUT2D eigenvalue weighted by Gasteiger charge is -2.19. The zero-order valence-electron chi connectivity index (χ0n) is 19.0. The van der Waals surface area contributed by atoms with Gasteiger partial charge in [-0.25, -0.2) is 4.79 Å². The quantitative estimate of drug-likeness (QED) is 0.508. The van der Waals surface area contributed by atoms with Gasteiger partial charge in [-0.3, -0.25) is 9.79 Å². The third-order valence-corrected chi connectivity index (χ3v) is 5.13. The van der Waals surface area contributed by atoms with Gasteiger partial charge in [0.05, 0.1) is 11.4 Å². The van der Waals surface area contributed by atoms with E-state index in [9.17, 15) is 9.59 Å². The number of carbonyl (C=O) groups is 2. The van der Waals surface area contributed by atoms with Gasteiger partial charge in [0.15, 0.2) is 0 Å². The Bertz CT molecular complexity index is 1200. The zero-order chi connectivity index (χ0) is 23.4. The van der Waals surface area contributed by atoms with Gasteiger partial charge in [0, 0.05) is 12.2 Å². The molecule has 1 aliphatic rings. The van der Waals surface area contributed by atoms with Gasteiger partial charge in [0.1, 0.15) is 11.5 Å². The van der Waals surface area contributed by atoms with Crippen LogP contribution in [0.3, 0.4) is 0 Å². The number of para-hydroxylation sites is 1. The molecule has 0 fully saturated rings. The summed E-state index contributed by atoms with van der Waals surface area (Å²) in [6, 6.07) is 25.0. The molecule has 0 spiro atoms. The second kappa shape index (κ2) is 9.28. The first kappa shape index (κ1) is 22.3. The van der Waals surface area contributed by atoms with Crippen molar-refractivity contribution in [3.05, 3.63) is 95.6 Å². The molecule has 1 heterocycles. The van der Waals surface area contributed by atoms with E-state index in [-0.39, 0.29) is 5.91 Å². The monoisotopic (exact) mass is 441 g/mol. The van der Waals surface area contributed by atoms with E-state index in [4.69, 9.17) is 9.73 Å².